The third-order valence-electron chi connectivity index (χ3n) is 3.92. The first kappa shape index (κ1) is 18.9. The molecule has 0 atom stereocenters. The number of nitro groups is 1. The molecule has 0 saturated heterocycles. The van der Waals surface area contributed by atoms with E-state index in [9.17, 15) is 14.9 Å². The first-order valence-electron chi connectivity index (χ1n) is 8.10. The molecule has 0 spiro atoms. The number of nitrogens with zero attached hydrogens (tertiary/aromatic N) is 3. The van der Waals surface area contributed by atoms with Gasteiger partial charge in [-0.2, -0.15) is 0 Å². The van der Waals surface area contributed by atoms with Crippen LogP contribution < -0.4 is 20.9 Å². The van der Waals surface area contributed by atoms with Crippen molar-refractivity contribution in [2.24, 2.45) is 0 Å². The van der Waals surface area contributed by atoms with Crippen molar-refractivity contribution in [2.75, 3.05) is 7.11 Å². The largest absolute Gasteiger partial charge is 0.475 e. The zero-order chi connectivity index (χ0) is 18.2. The van der Waals surface area contributed by atoms with Crippen LogP contribution in [0.4, 0.5) is 5.69 Å². The second-order valence-corrected chi connectivity index (χ2v) is 6.18. The Hall–Kier alpha value is -2.43. The van der Waals surface area contributed by atoms with Gasteiger partial charge in [-0.1, -0.05) is 19.3 Å². The summed E-state index contributed by atoms with van der Waals surface area (Å²) in [5.41, 5.74) is 4.93. The van der Waals surface area contributed by atoms with E-state index in [-0.39, 0.29) is 30.4 Å². The van der Waals surface area contributed by atoms with Crippen LogP contribution in [0.1, 0.15) is 38.5 Å². The molecule has 0 bridgehead atoms. The highest BCUT2D eigenvalue weighted by molar-refractivity contribution is 7.80. The summed E-state index contributed by atoms with van der Waals surface area (Å²) >= 11 is 5.15. The van der Waals surface area contributed by atoms with Crippen LogP contribution in [0.5, 0.6) is 5.88 Å². The van der Waals surface area contributed by atoms with Gasteiger partial charge < -0.3 is 10.1 Å². The van der Waals surface area contributed by atoms with Crippen LogP contribution in [0.25, 0.3) is 0 Å². The van der Waals surface area contributed by atoms with E-state index < -0.39 is 4.92 Å². The lowest BCUT2D eigenvalue weighted by molar-refractivity contribution is -0.385. The van der Waals surface area contributed by atoms with Crippen LogP contribution in [0.15, 0.2) is 6.20 Å². The number of amides is 1. The number of nitrogens with one attached hydrogen (secondary N) is 3. The SMILES string of the molecule is COc1nn(CCC(=O)NNC(=S)NC2CCCCC2)cc1[N+](=O)[O-]. The van der Waals surface area contributed by atoms with E-state index in [1.807, 2.05) is 0 Å². The Morgan fingerprint density at radius 1 is 1.44 bits per heavy atom. The van der Waals surface area contributed by atoms with Gasteiger partial charge in [0.1, 0.15) is 6.20 Å². The van der Waals surface area contributed by atoms with Gasteiger partial charge in [0.25, 0.3) is 0 Å². The van der Waals surface area contributed by atoms with Crippen molar-refractivity contribution < 1.29 is 14.5 Å². The summed E-state index contributed by atoms with van der Waals surface area (Å²) in [4.78, 5) is 22.1. The number of hydrogen-bond donors (Lipinski definition) is 3. The molecule has 1 aliphatic carbocycles. The average Bonchev–Trinajstić information content (AvgIpc) is 3.03. The van der Waals surface area contributed by atoms with E-state index in [1.54, 1.807) is 0 Å². The Kier molecular flexibility index (Phi) is 6.92. The Morgan fingerprint density at radius 2 is 2.16 bits per heavy atom. The van der Waals surface area contributed by atoms with E-state index >= 15 is 0 Å². The van der Waals surface area contributed by atoms with Gasteiger partial charge in [-0.15, -0.1) is 5.10 Å². The highest BCUT2D eigenvalue weighted by atomic mass is 32.1. The van der Waals surface area contributed by atoms with Gasteiger partial charge in [-0.25, -0.2) is 0 Å². The smallest absolute Gasteiger partial charge is 0.350 e. The summed E-state index contributed by atoms with van der Waals surface area (Å²) < 4.78 is 6.13. The van der Waals surface area contributed by atoms with Gasteiger partial charge in [0, 0.05) is 12.5 Å². The molecule has 1 amide bonds. The molecule has 25 heavy (non-hydrogen) atoms. The van der Waals surface area contributed by atoms with Gasteiger partial charge in [0.15, 0.2) is 5.11 Å². The number of hydrogen-bond acceptors (Lipinski definition) is 6. The standard InChI is InChI=1S/C14H22N6O4S/c1-24-13-11(20(22)23)9-19(18-13)8-7-12(21)16-17-14(25)15-10-5-3-2-4-6-10/h9-10H,2-8H2,1H3,(H,16,21)(H2,15,17,25). The van der Waals surface area contributed by atoms with Gasteiger partial charge in [0.2, 0.25) is 5.91 Å². The summed E-state index contributed by atoms with van der Waals surface area (Å²) in [6.45, 7) is 0.181. The molecule has 1 aromatic rings. The number of carbonyl (C=O) groups excluding carboxylic acids is 1. The number of ether oxygens (including phenoxy) is 1. The van der Waals surface area contributed by atoms with Crippen molar-refractivity contribution in [2.45, 2.75) is 51.1 Å². The molecule has 1 fully saturated rings. The van der Waals surface area contributed by atoms with Gasteiger partial charge in [0.05, 0.1) is 18.6 Å². The van der Waals surface area contributed by atoms with Gasteiger partial charge in [-0.05, 0) is 25.1 Å². The normalized spacial score (nSPS) is 14.6. The summed E-state index contributed by atoms with van der Waals surface area (Å²) in [5, 5.41) is 18.3. The minimum Gasteiger partial charge on any atom is -0.475 e. The van der Waals surface area contributed by atoms with Crippen LogP contribution in [-0.4, -0.2) is 38.9 Å². The molecule has 0 aliphatic heterocycles. The molecule has 1 aliphatic rings. The molecule has 1 aromatic heterocycles. The molecule has 1 saturated carbocycles. The highest BCUT2D eigenvalue weighted by Crippen LogP contribution is 2.23. The first-order chi connectivity index (χ1) is 12.0. The van der Waals surface area contributed by atoms with Crippen molar-refractivity contribution in [3.8, 4) is 5.88 Å². The Balaban J connectivity index is 1.71. The molecule has 0 aromatic carbocycles. The summed E-state index contributed by atoms with van der Waals surface area (Å²) in [6, 6.07) is 0.350. The number of methoxy groups -OCH3 is 1. The van der Waals surface area contributed by atoms with Crippen molar-refractivity contribution in [3.05, 3.63) is 16.3 Å². The number of aryl methyl sites for hydroxylation is 1. The van der Waals surface area contributed by atoms with Crippen molar-refractivity contribution >= 4 is 28.9 Å². The molecule has 2 rings (SSSR count). The molecule has 10 nitrogen and oxygen atoms in total. The molecule has 138 valence electrons. The van der Waals surface area contributed by atoms with Crippen molar-refractivity contribution in [1.29, 1.82) is 0 Å². The summed E-state index contributed by atoms with van der Waals surface area (Å²) in [7, 11) is 1.30. The fourth-order valence-corrected chi connectivity index (χ4v) is 2.87. The summed E-state index contributed by atoms with van der Waals surface area (Å²) in [6.07, 6.45) is 7.10. The van der Waals surface area contributed by atoms with Crippen LogP contribution in [-0.2, 0) is 11.3 Å². The highest BCUT2D eigenvalue weighted by Gasteiger charge is 2.20. The molecule has 1 heterocycles. The number of thiocarbonyl (C=S) groups is 1. The maximum absolute atomic E-state index is 11.8. The Morgan fingerprint density at radius 3 is 2.76 bits per heavy atom. The summed E-state index contributed by atoms with van der Waals surface area (Å²) in [5.74, 6) is -0.383. The Bertz CT molecular complexity index is 629. The van der Waals surface area contributed by atoms with E-state index in [4.69, 9.17) is 17.0 Å². The van der Waals surface area contributed by atoms with Gasteiger partial charge >= 0.3 is 11.6 Å². The number of aromatic nitrogens is 2. The molecule has 11 heteroatoms. The zero-order valence-electron chi connectivity index (χ0n) is 14.0. The lowest BCUT2D eigenvalue weighted by Crippen LogP contribution is -2.50. The molecular weight excluding hydrogens is 348 g/mol. The topological polar surface area (TPSA) is 123 Å². The lowest BCUT2D eigenvalue weighted by atomic mass is 9.96. The monoisotopic (exact) mass is 370 g/mol. The maximum atomic E-state index is 11.8. The number of rotatable bonds is 6. The zero-order valence-corrected chi connectivity index (χ0v) is 14.8. The van der Waals surface area contributed by atoms with E-state index in [0.29, 0.717) is 11.2 Å². The third-order valence-corrected chi connectivity index (χ3v) is 4.14. The molecule has 0 radical (unpaired) electrons. The van der Waals surface area contributed by atoms with E-state index in [2.05, 4.69) is 21.3 Å². The fourth-order valence-electron chi connectivity index (χ4n) is 2.65. The molecular formula is C14H22N6O4S. The van der Waals surface area contributed by atoms with Crippen LogP contribution in [0, 0.1) is 10.1 Å². The minimum absolute atomic E-state index is 0.0820. The first-order valence-corrected chi connectivity index (χ1v) is 8.51. The van der Waals surface area contributed by atoms with E-state index in [1.165, 1.54) is 37.3 Å². The molecule has 3 N–H and O–H groups in total. The Labute approximate surface area is 150 Å². The second kappa shape index (κ2) is 9.16. The number of hydrazine groups is 1. The maximum Gasteiger partial charge on any atom is 0.350 e. The fraction of sp³-hybridized carbons (Fsp3) is 0.643. The quantitative estimate of drug-likeness (QED) is 0.385. The predicted molar refractivity (Wildman–Crippen MR) is 93.9 cm³/mol. The van der Waals surface area contributed by atoms with Crippen molar-refractivity contribution in [1.82, 2.24) is 25.9 Å². The van der Waals surface area contributed by atoms with E-state index in [0.717, 1.165) is 12.8 Å². The third kappa shape index (κ3) is 5.85. The molecule has 0 unspecified atom stereocenters. The van der Waals surface area contributed by atoms with Crippen molar-refractivity contribution in [3.63, 3.8) is 0 Å². The average molecular weight is 370 g/mol. The van der Waals surface area contributed by atoms with Gasteiger partial charge in [-0.3, -0.25) is 30.4 Å². The number of carbonyl (C=O) groups is 1. The predicted octanol–water partition coefficient (Wildman–Crippen LogP) is 1.02. The lowest BCUT2D eigenvalue weighted by Gasteiger charge is -2.24. The van der Waals surface area contributed by atoms with Crippen LogP contribution >= 0.6 is 12.2 Å². The second-order valence-electron chi connectivity index (χ2n) is 5.78. The van der Waals surface area contributed by atoms with Crippen LogP contribution in [0.3, 0.4) is 0 Å². The minimum atomic E-state index is -0.584. The van der Waals surface area contributed by atoms with Crippen LogP contribution in [0.2, 0.25) is 0 Å².